The van der Waals surface area contributed by atoms with E-state index >= 15 is 0 Å². The molecule has 2 rings (SSSR count). The molecular weight excluding hydrogens is 272 g/mol. The van der Waals surface area contributed by atoms with Gasteiger partial charge in [-0.05, 0) is 19.1 Å². The second-order valence-electron chi connectivity index (χ2n) is 4.95. The SMILES string of the molecule is CC1CN(C(=O)COc2ccccc2C#N)CC(CO)O1. The summed E-state index contributed by atoms with van der Waals surface area (Å²) in [4.78, 5) is 13.8. The van der Waals surface area contributed by atoms with Crippen molar-refractivity contribution >= 4 is 5.91 Å². The van der Waals surface area contributed by atoms with E-state index in [2.05, 4.69) is 0 Å². The Hall–Kier alpha value is -2.10. The molecule has 0 radical (unpaired) electrons. The monoisotopic (exact) mass is 290 g/mol. The number of benzene rings is 1. The lowest BCUT2D eigenvalue weighted by Gasteiger charge is -2.36. The molecule has 0 aliphatic carbocycles. The first kappa shape index (κ1) is 15.3. The number of para-hydroxylation sites is 1. The van der Waals surface area contributed by atoms with E-state index < -0.39 is 0 Å². The Kier molecular flexibility index (Phi) is 5.14. The van der Waals surface area contributed by atoms with E-state index in [1.54, 1.807) is 29.2 Å². The molecule has 0 aromatic heterocycles. The molecule has 0 bridgehead atoms. The molecule has 1 fully saturated rings. The summed E-state index contributed by atoms with van der Waals surface area (Å²) in [5, 5.41) is 18.1. The number of nitriles is 1. The number of hydrogen-bond acceptors (Lipinski definition) is 5. The van der Waals surface area contributed by atoms with Crippen molar-refractivity contribution in [3.05, 3.63) is 29.8 Å². The van der Waals surface area contributed by atoms with E-state index in [-0.39, 0.29) is 31.3 Å². The number of rotatable bonds is 4. The van der Waals surface area contributed by atoms with Crippen LogP contribution in [0.5, 0.6) is 5.75 Å². The van der Waals surface area contributed by atoms with Gasteiger partial charge in [0.25, 0.3) is 5.91 Å². The average Bonchev–Trinajstić information content (AvgIpc) is 2.52. The van der Waals surface area contributed by atoms with Gasteiger partial charge in [-0.1, -0.05) is 12.1 Å². The molecule has 6 nitrogen and oxygen atoms in total. The molecule has 0 spiro atoms. The zero-order valence-electron chi connectivity index (χ0n) is 11.9. The lowest BCUT2D eigenvalue weighted by atomic mass is 10.2. The summed E-state index contributed by atoms with van der Waals surface area (Å²) in [7, 11) is 0. The van der Waals surface area contributed by atoms with Crippen molar-refractivity contribution in [1.29, 1.82) is 5.26 Å². The number of amides is 1. The molecule has 1 saturated heterocycles. The molecule has 2 atom stereocenters. The molecule has 1 aliphatic rings. The Labute approximate surface area is 123 Å². The normalized spacial score (nSPS) is 21.7. The van der Waals surface area contributed by atoms with Gasteiger partial charge in [0.05, 0.1) is 24.4 Å². The van der Waals surface area contributed by atoms with Crippen LogP contribution in [0.3, 0.4) is 0 Å². The summed E-state index contributed by atoms with van der Waals surface area (Å²) in [5.74, 6) is 0.213. The minimum Gasteiger partial charge on any atom is -0.482 e. The van der Waals surface area contributed by atoms with Gasteiger partial charge in [-0.2, -0.15) is 5.26 Å². The number of carbonyl (C=O) groups excluding carboxylic acids is 1. The van der Waals surface area contributed by atoms with Crippen LogP contribution >= 0.6 is 0 Å². The molecule has 1 aromatic carbocycles. The molecule has 1 heterocycles. The van der Waals surface area contributed by atoms with Gasteiger partial charge in [0.1, 0.15) is 11.8 Å². The Balaban J connectivity index is 1.94. The lowest BCUT2D eigenvalue weighted by Crippen LogP contribution is -2.51. The van der Waals surface area contributed by atoms with Crippen molar-refractivity contribution < 1.29 is 19.4 Å². The Bertz CT molecular complexity index is 541. The molecule has 1 aliphatic heterocycles. The van der Waals surface area contributed by atoms with Gasteiger partial charge in [0, 0.05) is 13.1 Å². The summed E-state index contributed by atoms with van der Waals surface area (Å²) in [6.45, 7) is 2.42. The van der Waals surface area contributed by atoms with Crippen molar-refractivity contribution in [3.63, 3.8) is 0 Å². The predicted octanol–water partition coefficient (Wildman–Crippen LogP) is 0.545. The maximum Gasteiger partial charge on any atom is 0.260 e. The number of nitrogens with zero attached hydrogens (tertiary/aromatic N) is 2. The van der Waals surface area contributed by atoms with E-state index in [1.165, 1.54) is 0 Å². The van der Waals surface area contributed by atoms with E-state index in [4.69, 9.17) is 19.8 Å². The summed E-state index contributed by atoms with van der Waals surface area (Å²) < 4.78 is 10.9. The van der Waals surface area contributed by atoms with Crippen LogP contribution in [0.1, 0.15) is 12.5 Å². The van der Waals surface area contributed by atoms with Crippen molar-refractivity contribution in [2.75, 3.05) is 26.3 Å². The van der Waals surface area contributed by atoms with Crippen LogP contribution in [0.25, 0.3) is 0 Å². The van der Waals surface area contributed by atoms with E-state index in [0.717, 1.165) is 0 Å². The van der Waals surface area contributed by atoms with Gasteiger partial charge >= 0.3 is 0 Å². The fourth-order valence-corrected chi connectivity index (χ4v) is 2.27. The first-order chi connectivity index (χ1) is 10.1. The highest BCUT2D eigenvalue weighted by atomic mass is 16.5. The number of ether oxygens (including phenoxy) is 2. The van der Waals surface area contributed by atoms with Crippen LogP contribution in [0.15, 0.2) is 24.3 Å². The number of morpholine rings is 1. The van der Waals surface area contributed by atoms with Crippen LogP contribution in [0.2, 0.25) is 0 Å². The van der Waals surface area contributed by atoms with Crippen LogP contribution in [0.4, 0.5) is 0 Å². The Morgan fingerprint density at radius 3 is 3.00 bits per heavy atom. The van der Waals surface area contributed by atoms with Crippen molar-refractivity contribution in [2.24, 2.45) is 0 Å². The molecule has 21 heavy (non-hydrogen) atoms. The van der Waals surface area contributed by atoms with Crippen LogP contribution in [-0.2, 0) is 9.53 Å². The zero-order valence-corrected chi connectivity index (χ0v) is 11.9. The first-order valence-corrected chi connectivity index (χ1v) is 6.80. The quantitative estimate of drug-likeness (QED) is 0.875. The van der Waals surface area contributed by atoms with Crippen LogP contribution in [-0.4, -0.2) is 54.4 Å². The van der Waals surface area contributed by atoms with Crippen molar-refractivity contribution in [1.82, 2.24) is 4.90 Å². The minimum absolute atomic E-state index is 0.119. The number of hydrogen-bond donors (Lipinski definition) is 1. The minimum atomic E-state index is -0.357. The van der Waals surface area contributed by atoms with Gasteiger partial charge < -0.3 is 19.5 Å². The van der Waals surface area contributed by atoms with Crippen LogP contribution in [0, 0.1) is 11.3 Å². The third-order valence-electron chi connectivity index (χ3n) is 3.24. The number of aliphatic hydroxyl groups is 1. The van der Waals surface area contributed by atoms with Gasteiger partial charge in [-0.3, -0.25) is 4.79 Å². The van der Waals surface area contributed by atoms with Crippen molar-refractivity contribution in [3.8, 4) is 11.8 Å². The van der Waals surface area contributed by atoms with Crippen molar-refractivity contribution in [2.45, 2.75) is 19.1 Å². The fraction of sp³-hybridized carbons (Fsp3) is 0.467. The molecule has 112 valence electrons. The van der Waals surface area contributed by atoms with E-state index in [1.807, 2.05) is 13.0 Å². The maximum atomic E-state index is 12.2. The molecule has 1 N–H and O–H groups in total. The highest BCUT2D eigenvalue weighted by Crippen LogP contribution is 2.17. The smallest absolute Gasteiger partial charge is 0.260 e. The Morgan fingerprint density at radius 1 is 1.52 bits per heavy atom. The highest BCUT2D eigenvalue weighted by Gasteiger charge is 2.28. The molecule has 1 aromatic rings. The Morgan fingerprint density at radius 2 is 2.29 bits per heavy atom. The first-order valence-electron chi connectivity index (χ1n) is 6.80. The predicted molar refractivity (Wildman–Crippen MR) is 74.7 cm³/mol. The summed E-state index contributed by atoms with van der Waals surface area (Å²) >= 11 is 0. The summed E-state index contributed by atoms with van der Waals surface area (Å²) in [6.07, 6.45) is -0.477. The summed E-state index contributed by atoms with van der Waals surface area (Å²) in [5.41, 5.74) is 0.397. The average molecular weight is 290 g/mol. The van der Waals surface area contributed by atoms with E-state index in [0.29, 0.717) is 24.4 Å². The van der Waals surface area contributed by atoms with E-state index in [9.17, 15) is 4.79 Å². The van der Waals surface area contributed by atoms with Crippen LogP contribution < -0.4 is 4.74 Å². The summed E-state index contributed by atoms with van der Waals surface area (Å²) in [6, 6.07) is 8.80. The number of carbonyl (C=O) groups is 1. The standard InChI is InChI=1S/C15H18N2O4/c1-11-7-17(8-13(9-18)21-11)15(19)10-20-14-5-3-2-4-12(14)6-16/h2-5,11,13,18H,7-10H2,1H3. The third-order valence-corrected chi connectivity index (χ3v) is 3.24. The maximum absolute atomic E-state index is 12.2. The highest BCUT2D eigenvalue weighted by molar-refractivity contribution is 5.78. The third kappa shape index (κ3) is 3.94. The molecular formula is C15H18N2O4. The lowest BCUT2D eigenvalue weighted by molar-refractivity contribution is -0.149. The number of aliphatic hydroxyl groups excluding tert-OH is 1. The molecule has 1 amide bonds. The van der Waals surface area contributed by atoms with Gasteiger partial charge in [-0.25, -0.2) is 0 Å². The van der Waals surface area contributed by atoms with Gasteiger partial charge in [-0.15, -0.1) is 0 Å². The second kappa shape index (κ2) is 7.07. The fourth-order valence-electron chi connectivity index (χ4n) is 2.27. The topological polar surface area (TPSA) is 82.8 Å². The molecule has 0 saturated carbocycles. The largest absolute Gasteiger partial charge is 0.482 e. The van der Waals surface area contributed by atoms with Gasteiger partial charge in [0.15, 0.2) is 6.61 Å². The zero-order chi connectivity index (χ0) is 15.2. The van der Waals surface area contributed by atoms with Gasteiger partial charge in [0.2, 0.25) is 0 Å². The molecule has 2 unspecified atom stereocenters. The second-order valence-corrected chi connectivity index (χ2v) is 4.95. The molecule has 6 heteroatoms.